The number of urea groups is 1. The Morgan fingerprint density at radius 3 is 2.81 bits per heavy atom. The molecule has 2 rings (SSSR count). The number of amides is 2. The molecule has 0 aliphatic carbocycles. The lowest BCUT2D eigenvalue weighted by Crippen LogP contribution is -2.53. The monoisotopic (exact) mass is 295 g/mol. The normalized spacial score (nSPS) is 23.2. The first-order valence-corrected chi connectivity index (χ1v) is 7.40. The molecule has 1 aromatic rings. The van der Waals surface area contributed by atoms with E-state index in [2.05, 4.69) is 17.4 Å². The van der Waals surface area contributed by atoms with Crippen molar-refractivity contribution >= 4 is 11.8 Å². The van der Waals surface area contributed by atoms with E-state index >= 15 is 0 Å². The highest BCUT2D eigenvalue weighted by Crippen LogP contribution is 2.25. The van der Waals surface area contributed by atoms with Gasteiger partial charge in [-0.2, -0.15) is 0 Å². The number of nitrogens with zero attached hydrogens (tertiary/aromatic N) is 2. The maximum atomic E-state index is 12.3. The van der Waals surface area contributed by atoms with Crippen LogP contribution in [0, 0.1) is 0 Å². The average Bonchev–Trinajstić information content (AvgIpc) is 2.87. The van der Waals surface area contributed by atoms with E-state index < -0.39 is 0 Å². The zero-order valence-electron chi connectivity index (χ0n) is 13.5. The van der Waals surface area contributed by atoms with Crippen molar-refractivity contribution in [3.8, 4) is 0 Å². The minimum absolute atomic E-state index is 0.129. The summed E-state index contributed by atoms with van der Waals surface area (Å²) >= 11 is 0. The van der Waals surface area contributed by atoms with Gasteiger partial charge in [-0.05, 0) is 13.3 Å². The summed E-state index contributed by atoms with van der Waals surface area (Å²) in [7, 11) is 0. The maximum Gasteiger partial charge on any atom is 0.323 e. The molecule has 6 heteroatoms. The SMILES string of the molecule is CC[C@]1(C)CN(C(=O)Nc2cc(C(C)(C)C)on2)CCO1. The molecule has 2 heterocycles. The summed E-state index contributed by atoms with van der Waals surface area (Å²) in [6.45, 7) is 11.9. The number of hydrogen-bond donors (Lipinski definition) is 1. The number of aromatic nitrogens is 1. The lowest BCUT2D eigenvalue weighted by Gasteiger charge is -2.39. The third-order valence-electron chi connectivity index (χ3n) is 3.86. The van der Waals surface area contributed by atoms with Gasteiger partial charge >= 0.3 is 6.03 Å². The number of nitrogens with one attached hydrogen (secondary N) is 1. The van der Waals surface area contributed by atoms with Gasteiger partial charge in [-0.15, -0.1) is 0 Å². The van der Waals surface area contributed by atoms with E-state index in [0.717, 1.165) is 12.2 Å². The van der Waals surface area contributed by atoms with Crippen molar-refractivity contribution in [2.75, 3.05) is 25.0 Å². The average molecular weight is 295 g/mol. The van der Waals surface area contributed by atoms with Crippen LogP contribution in [0.5, 0.6) is 0 Å². The van der Waals surface area contributed by atoms with Gasteiger partial charge in [0.1, 0.15) is 5.76 Å². The van der Waals surface area contributed by atoms with Crippen molar-refractivity contribution in [3.63, 3.8) is 0 Å². The highest BCUT2D eigenvalue weighted by Gasteiger charge is 2.33. The number of hydrogen-bond acceptors (Lipinski definition) is 4. The van der Waals surface area contributed by atoms with Gasteiger partial charge in [0.15, 0.2) is 5.82 Å². The van der Waals surface area contributed by atoms with Crippen LogP contribution in [-0.4, -0.2) is 41.4 Å². The Morgan fingerprint density at radius 2 is 2.24 bits per heavy atom. The molecular formula is C15H25N3O3. The number of carbonyl (C=O) groups is 1. The van der Waals surface area contributed by atoms with Gasteiger partial charge < -0.3 is 14.2 Å². The highest BCUT2D eigenvalue weighted by atomic mass is 16.5. The summed E-state index contributed by atoms with van der Waals surface area (Å²) in [6.07, 6.45) is 0.870. The highest BCUT2D eigenvalue weighted by molar-refractivity contribution is 5.88. The quantitative estimate of drug-likeness (QED) is 0.910. The fraction of sp³-hybridized carbons (Fsp3) is 0.733. The third kappa shape index (κ3) is 3.75. The molecule has 1 atom stereocenters. The van der Waals surface area contributed by atoms with Crippen LogP contribution in [0.25, 0.3) is 0 Å². The molecule has 6 nitrogen and oxygen atoms in total. The molecule has 1 saturated heterocycles. The Morgan fingerprint density at radius 1 is 1.52 bits per heavy atom. The molecule has 0 bridgehead atoms. The Labute approximate surface area is 125 Å². The molecule has 1 aliphatic rings. The van der Waals surface area contributed by atoms with Crippen molar-refractivity contribution in [3.05, 3.63) is 11.8 Å². The van der Waals surface area contributed by atoms with Gasteiger partial charge in [0, 0.05) is 18.0 Å². The van der Waals surface area contributed by atoms with Gasteiger partial charge in [-0.3, -0.25) is 5.32 Å². The van der Waals surface area contributed by atoms with Crippen LogP contribution in [0.1, 0.15) is 46.8 Å². The third-order valence-corrected chi connectivity index (χ3v) is 3.86. The summed E-state index contributed by atoms with van der Waals surface area (Å²) in [5, 5.41) is 6.70. The topological polar surface area (TPSA) is 67.6 Å². The molecule has 0 aromatic carbocycles. The fourth-order valence-electron chi connectivity index (χ4n) is 2.19. The van der Waals surface area contributed by atoms with Crippen LogP contribution in [0.15, 0.2) is 10.6 Å². The summed E-state index contributed by atoms with van der Waals surface area (Å²) < 4.78 is 11.0. The number of morpholine rings is 1. The van der Waals surface area contributed by atoms with Gasteiger partial charge in [-0.1, -0.05) is 32.9 Å². The lowest BCUT2D eigenvalue weighted by atomic mass is 9.93. The predicted molar refractivity (Wildman–Crippen MR) is 80.4 cm³/mol. The van der Waals surface area contributed by atoms with Gasteiger partial charge in [-0.25, -0.2) is 4.79 Å². The molecular weight excluding hydrogens is 270 g/mol. The minimum Gasteiger partial charge on any atom is -0.372 e. The summed E-state index contributed by atoms with van der Waals surface area (Å²) in [4.78, 5) is 14.1. The lowest BCUT2D eigenvalue weighted by molar-refractivity contribution is -0.0860. The van der Waals surface area contributed by atoms with Crippen LogP contribution in [0.3, 0.4) is 0 Å². The summed E-state index contributed by atoms with van der Waals surface area (Å²) in [5.41, 5.74) is -0.397. The van der Waals surface area contributed by atoms with Crippen molar-refractivity contribution < 1.29 is 14.1 Å². The van der Waals surface area contributed by atoms with Crippen molar-refractivity contribution in [2.45, 2.75) is 52.1 Å². The second-order valence-corrected chi connectivity index (χ2v) is 6.83. The first kappa shape index (κ1) is 15.8. The molecule has 21 heavy (non-hydrogen) atoms. The van der Waals surface area contributed by atoms with Gasteiger partial charge in [0.05, 0.1) is 18.8 Å². The van der Waals surface area contributed by atoms with Gasteiger partial charge in [0.25, 0.3) is 0 Å². The summed E-state index contributed by atoms with van der Waals surface area (Å²) in [6, 6.07) is 1.61. The molecule has 1 fully saturated rings. The fourth-order valence-corrected chi connectivity index (χ4v) is 2.19. The number of rotatable bonds is 2. The van der Waals surface area contributed by atoms with E-state index in [1.807, 2.05) is 27.7 Å². The van der Waals surface area contributed by atoms with E-state index in [-0.39, 0.29) is 17.0 Å². The number of anilines is 1. The number of carbonyl (C=O) groups excluding carboxylic acids is 1. The molecule has 0 radical (unpaired) electrons. The maximum absolute atomic E-state index is 12.3. The Kier molecular flexibility index (Phi) is 4.27. The molecule has 1 aromatic heterocycles. The molecule has 118 valence electrons. The molecule has 2 amide bonds. The molecule has 0 unspecified atom stereocenters. The molecule has 1 aliphatic heterocycles. The van der Waals surface area contributed by atoms with Crippen molar-refractivity contribution in [1.82, 2.24) is 10.1 Å². The van der Waals surface area contributed by atoms with Crippen LogP contribution >= 0.6 is 0 Å². The molecule has 0 saturated carbocycles. The molecule has 0 spiro atoms. The minimum atomic E-state index is -0.268. The van der Waals surface area contributed by atoms with E-state index in [1.165, 1.54) is 0 Å². The van der Waals surface area contributed by atoms with Crippen LogP contribution in [0.4, 0.5) is 10.6 Å². The van der Waals surface area contributed by atoms with E-state index in [9.17, 15) is 4.79 Å². The second-order valence-electron chi connectivity index (χ2n) is 6.83. The Balaban J connectivity index is 2.00. The van der Waals surface area contributed by atoms with Crippen LogP contribution < -0.4 is 5.32 Å². The predicted octanol–water partition coefficient (Wildman–Crippen LogP) is 3.00. The summed E-state index contributed by atoms with van der Waals surface area (Å²) in [5.74, 6) is 1.20. The number of ether oxygens (including phenoxy) is 1. The first-order valence-electron chi connectivity index (χ1n) is 7.40. The van der Waals surface area contributed by atoms with Crippen LogP contribution in [-0.2, 0) is 10.2 Å². The van der Waals surface area contributed by atoms with E-state index in [0.29, 0.717) is 25.5 Å². The Bertz CT molecular complexity index is 507. The van der Waals surface area contributed by atoms with E-state index in [4.69, 9.17) is 9.26 Å². The Hall–Kier alpha value is -1.56. The first-order chi connectivity index (χ1) is 9.73. The smallest absolute Gasteiger partial charge is 0.323 e. The van der Waals surface area contributed by atoms with Crippen LogP contribution in [0.2, 0.25) is 0 Å². The van der Waals surface area contributed by atoms with Gasteiger partial charge in [0.2, 0.25) is 0 Å². The largest absolute Gasteiger partial charge is 0.372 e. The van der Waals surface area contributed by atoms with Crippen molar-refractivity contribution in [1.29, 1.82) is 0 Å². The second kappa shape index (κ2) is 5.67. The zero-order chi connectivity index (χ0) is 15.7. The zero-order valence-corrected chi connectivity index (χ0v) is 13.5. The van der Waals surface area contributed by atoms with Crippen molar-refractivity contribution in [2.24, 2.45) is 0 Å². The van der Waals surface area contributed by atoms with E-state index in [1.54, 1.807) is 11.0 Å². The standard InChI is InChI=1S/C15H25N3O3/c1-6-15(5)10-18(7-8-20-15)13(19)16-12-9-11(21-17-12)14(2,3)4/h9H,6-8,10H2,1-5H3,(H,16,17,19)/t15-/m1/s1. The molecule has 1 N–H and O–H groups in total.